The van der Waals surface area contributed by atoms with E-state index in [1.807, 2.05) is 4.90 Å². The van der Waals surface area contributed by atoms with Crippen molar-refractivity contribution in [3.05, 3.63) is 29.6 Å². The van der Waals surface area contributed by atoms with E-state index in [0.717, 1.165) is 19.4 Å². The second-order valence-corrected chi connectivity index (χ2v) is 5.21. The first-order valence-electron chi connectivity index (χ1n) is 6.48. The lowest BCUT2D eigenvalue weighted by molar-refractivity contribution is -0.133. The molecule has 1 amide bonds. The second kappa shape index (κ2) is 5.57. The standard InChI is InChI=1S/C14H20FN3O/c1-17(2)14(19)13-4-3-7-18(13)9-10-5-6-11(16)8-12(10)15/h5-6,8,13H,3-4,7,9,16H2,1-2H3. The van der Waals surface area contributed by atoms with Crippen molar-refractivity contribution >= 4 is 11.6 Å². The van der Waals surface area contributed by atoms with Gasteiger partial charge < -0.3 is 10.6 Å². The van der Waals surface area contributed by atoms with Crippen molar-refractivity contribution < 1.29 is 9.18 Å². The highest BCUT2D eigenvalue weighted by Crippen LogP contribution is 2.23. The van der Waals surface area contributed by atoms with Crippen molar-refractivity contribution in [1.82, 2.24) is 9.80 Å². The van der Waals surface area contributed by atoms with Crippen LogP contribution in [0.3, 0.4) is 0 Å². The molecule has 1 aromatic carbocycles. The molecule has 104 valence electrons. The third-order valence-electron chi connectivity index (χ3n) is 3.54. The summed E-state index contributed by atoms with van der Waals surface area (Å²) >= 11 is 0. The van der Waals surface area contributed by atoms with E-state index in [4.69, 9.17) is 5.73 Å². The van der Waals surface area contributed by atoms with Gasteiger partial charge in [-0.05, 0) is 31.5 Å². The van der Waals surface area contributed by atoms with Crippen LogP contribution in [0.1, 0.15) is 18.4 Å². The summed E-state index contributed by atoms with van der Waals surface area (Å²) in [5.41, 5.74) is 6.55. The van der Waals surface area contributed by atoms with Crippen LogP contribution in [0.25, 0.3) is 0 Å². The van der Waals surface area contributed by atoms with Gasteiger partial charge in [-0.2, -0.15) is 0 Å². The third-order valence-corrected chi connectivity index (χ3v) is 3.54. The van der Waals surface area contributed by atoms with E-state index in [1.165, 1.54) is 6.07 Å². The molecule has 5 heteroatoms. The molecule has 4 nitrogen and oxygen atoms in total. The van der Waals surface area contributed by atoms with Crippen LogP contribution in [0.15, 0.2) is 18.2 Å². The van der Waals surface area contributed by atoms with Crippen LogP contribution < -0.4 is 5.73 Å². The van der Waals surface area contributed by atoms with E-state index in [2.05, 4.69) is 0 Å². The Balaban J connectivity index is 2.11. The molecule has 0 radical (unpaired) electrons. The summed E-state index contributed by atoms with van der Waals surface area (Å²) in [6.07, 6.45) is 1.81. The SMILES string of the molecule is CN(C)C(=O)C1CCCN1Cc1ccc(N)cc1F. The molecule has 2 N–H and O–H groups in total. The minimum Gasteiger partial charge on any atom is -0.399 e. The molecule has 1 unspecified atom stereocenters. The van der Waals surface area contributed by atoms with Crippen LogP contribution in [0, 0.1) is 5.82 Å². The van der Waals surface area contributed by atoms with Crippen molar-refractivity contribution in [3.8, 4) is 0 Å². The minimum atomic E-state index is -0.303. The van der Waals surface area contributed by atoms with E-state index < -0.39 is 0 Å². The lowest BCUT2D eigenvalue weighted by atomic mass is 10.1. The quantitative estimate of drug-likeness (QED) is 0.842. The summed E-state index contributed by atoms with van der Waals surface area (Å²) in [5, 5.41) is 0. The van der Waals surface area contributed by atoms with E-state index in [1.54, 1.807) is 31.1 Å². The number of rotatable bonds is 3. The van der Waals surface area contributed by atoms with Gasteiger partial charge in [0.2, 0.25) is 5.91 Å². The first-order chi connectivity index (χ1) is 8.99. The molecule has 1 saturated heterocycles. The van der Waals surface area contributed by atoms with Gasteiger partial charge in [-0.1, -0.05) is 6.07 Å². The Labute approximate surface area is 113 Å². The molecule has 0 aromatic heterocycles. The van der Waals surface area contributed by atoms with Crippen LogP contribution in [0.5, 0.6) is 0 Å². The Morgan fingerprint density at radius 2 is 2.26 bits per heavy atom. The number of likely N-dealkylation sites (N-methyl/N-ethyl adjacent to an activating group) is 1. The summed E-state index contributed by atoms with van der Waals surface area (Å²) < 4.78 is 13.8. The van der Waals surface area contributed by atoms with Gasteiger partial charge >= 0.3 is 0 Å². The lowest BCUT2D eigenvalue weighted by Gasteiger charge is -2.26. The molecule has 19 heavy (non-hydrogen) atoms. The number of hydrogen-bond acceptors (Lipinski definition) is 3. The van der Waals surface area contributed by atoms with Gasteiger partial charge in [0, 0.05) is 31.9 Å². The summed E-state index contributed by atoms with van der Waals surface area (Å²) in [6.45, 7) is 1.28. The topological polar surface area (TPSA) is 49.6 Å². The molecule has 0 saturated carbocycles. The number of amides is 1. The first kappa shape index (κ1) is 13.8. The summed E-state index contributed by atoms with van der Waals surface area (Å²) in [6, 6.07) is 4.58. The molecule has 0 aliphatic carbocycles. The van der Waals surface area contributed by atoms with Gasteiger partial charge in [0.05, 0.1) is 6.04 Å². The van der Waals surface area contributed by atoms with Gasteiger partial charge in [0.15, 0.2) is 0 Å². The zero-order valence-electron chi connectivity index (χ0n) is 11.4. The largest absolute Gasteiger partial charge is 0.399 e. The number of likely N-dealkylation sites (tertiary alicyclic amines) is 1. The van der Waals surface area contributed by atoms with Crippen LogP contribution >= 0.6 is 0 Å². The molecule has 2 rings (SSSR count). The summed E-state index contributed by atoms with van der Waals surface area (Å²) in [4.78, 5) is 15.7. The molecular formula is C14H20FN3O. The Morgan fingerprint density at radius 1 is 1.53 bits per heavy atom. The van der Waals surface area contributed by atoms with Crippen LogP contribution in [0.2, 0.25) is 0 Å². The molecule has 0 bridgehead atoms. The predicted molar refractivity (Wildman–Crippen MR) is 72.9 cm³/mol. The molecule has 0 spiro atoms. The van der Waals surface area contributed by atoms with Crippen molar-refractivity contribution in [1.29, 1.82) is 0 Å². The molecule has 1 heterocycles. The first-order valence-corrected chi connectivity index (χ1v) is 6.48. The minimum absolute atomic E-state index is 0.0911. The number of carbonyl (C=O) groups excluding carboxylic acids is 1. The van der Waals surface area contributed by atoms with Crippen LogP contribution in [0.4, 0.5) is 10.1 Å². The van der Waals surface area contributed by atoms with Gasteiger partial charge in [0.1, 0.15) is 5.82 Å². The number of benzene rings is 1. The Kier molecular flexibility index (Phi) is 4.04. The Hall–Kier alpha value is -1.62. The maximum Gasteiger partial charge on any atom is 0.239 e. The number of carbonyl (C=O) groups is 1. The zero-order chi connectivity index (χ0) is 14.0. The van der Waals surface area contributed by atoms with Gasteiger partial charge in [0.25, 0.3) is 0 Å². The maximum absolute atomic E-state index is 13.8. The molecule has 1 aromatic rings. The average molecular weight is 265 g/mol. The van der Waals surface area contributed by atoms with E-state index >= 15 is 0 Å². The second-order valence-electron chi connectivity index (χ2n) is 5.21. The highest BCUT2D eigenvalue weighted by atomic mass is 19.1. The van der Waals surface area contributed by atoms with Crippen molar-refractivity contribution in [2.24, 2.45) is 0 Å². The Bertz CT molecular complexity index is 476. The summed E-state index contributed by atoms with van der Waals surface area (Å²) in [5.74, 6) is -0.212. The molecule has 1 aliphatic rings. The zero-order valence-corrected chi connectivity index (χ0v) is 11.4. The number of nitrogens with two attached hydrogens (primary N) is 1. The van der Waals surface area contributed by atoms with Crippen molar-refractivity contribution in [2.75, 3.05) is 26.4 Å². The fourth-order valence-electron chi connectivity index (χ4n) is 2.50. The Morgan fingerprint density at radius 3 is 2.89 bits per heavy atom. The fourth-order valence-corrected chi connectivity index (χ4v) is 2.50. The number of hydrogen-bond donors (Lipinski definition) is 1. The highest BCUT2D eigenvalue weighted by Gasteiger charge is 2.31. The normalized spacial score (nSPS) is 19.6. The summed E-state index contributed by atoms with van der Waals surface area (Å²) in [7, 11) is 3.51. The molecule has 1 aliphatic heterocycles. The van der Waals surface area contributed by atoms with Crippen LogP contribution in [-0.2, 0) is 11.3 Å². The molecular weight excluding hydrogens is 245 g/mol. The molecule has 1 fully saturated rings. The maximum atomic E-state index is 13.8. The lowest BCUT2D eigenvalue weighted by Crippen LogP contribution is -2.42. The number of anilines is 1. The fraction of sp³-hybridized carbons (Fsp3) is 0.500. The van der Waals surface area contributed by atoms with Crippen molar-refractivity contribution in [2.45, 2.75) is 25.4 Å². The number of nitrogens with zero attached hydrogens (tertiary/aromatic N) is 2. The van der Waals surface area contributed by atoms with Crippen molar-refractivity contribution in [3.63, 3.8) is 0 Å². The number of halogens is 1. The van der Waals surface area contributed by atoms with Crippen LogP contribution in [-0.4, -0.2) is 42.4 Å². The van der Waals surface area contributed by atoms with Gasteiger partial charge in [-0.3, -0.25) is 9.69 Å². The predicted octanol–water partition coefficient (Wildman–Crippen LogP) is 1.46. The third kappa shape index (κ3) is 3.04. The monoisotopic (exact) mass is 265 g/mol. The van der Waals surface area contributed by atoms with Gasteiger partial charge in [-0.15, -0.1) is 0 Å². The smallest absolute Gasteiger partial charge is 0.239 e. The molecule has 1 atom stereocenters. The highest BCUT2D eigenvalue weighted by molar-refractivity contribution is 5.81. The average Bonchev–Trinajstić information content (AvgIpc) is 2.79. The van der Waals surface area contributed by atoms with E-state index in [-0.39, 0.29) is 17.8 Å². The van der Waals surface area contributed by atoms with E-state index in [9.17, 15) is 9.18 Å². The number of nitrogen functional groups attached to an aromatic ring is 1. The van der Waals surface area contributed by atoms with E-state index in [0.29, 0.717) is 17.8 Å². The van der Waals surface area contributed by atoms with Gasteiger partial charge in [-0.25, -0.2) is 4.39 Å².